The second kappa shape index (κ2) is 6.79. The Morgan fingerprint density at radius 2 is 2.04 bits per heavy atom. The van der Waals surface area contributed by atoms with Gasteiger partial charge >= 0.3 is 6.55 Å². The van der Waals surface area contributed by atoms with Crippen LogP contribution in [0.15, 0.2) is 24.7 Å². The Bertz CT molecular complexity index is 846. The molecule has 0 aromatic carbocycles. The highest BCUT2D eigenvalue weighted by atomic mass is 19.3. The predicted molar refractivity (Wildman–Crippen MR) is 95.6 cm³/mol. The number of likely N-dealkylation sites (tertiary alicyclic amines) is 1. The second-order valence-electron chi connectivity index (χ2n) is 7.08. The van der Waals surface area contributed by atoms with Crippen molar-refractivity contribution in [1.29, 1.82) is 5.41 Å². The minimum atomic E-state index is -2.67. The molecule has 27 heavy (non-hydrogen) atoms. The van der Waals surface area contributed by atoms with Gasteiger partial charge in [-0.3, -0.25) is 10.2 Å². The maximum atomic E-state index is 12.7. The number of aromatic nitrogens is 3. The summed E-state index contributed by atoms with van der Waals surface area (Å²) in [7, 11) is 0. The van der Waals surface area contributed by atoms with Crippen molar-refractivity contribution in [3.8, 4) is 11.1 Å². The van der Waals surface area contributed by atoms with Gasteiger partial charge in [-0.05, 0) is 18.9 Å². The van der Waals surface area contributed by atoms with E-state index in [1.807, 2.05) is 16.7 Å². The number of H-pyrrole nitrogens is 1. The van der Waals surface area contributed by atoms with Crippen molar-refractivity contribution in [2.24, 2.45) is 0 Å². The summed E-state index contributed by atoms with van der Waals surface area (Å²) in [6.07, 6.45) is 6.83. The van der Waals surface area contributed by atoms with Crippen LogP contribution < -0.4 is 0 Å². The fourth-order valence-corrected chi connectivity index (χ4v) is 4.14. The van der Waals surface area contributed by atoms with Crippen LogP contribution in [0.25, 0.3) is 11.1 Å². The number of nitrogens with zero attached hydrogens (tertiary/aromatic N) is 4. The SMILES string of the molecule is CCC(=O)N1C2CCC1CN(C(=N)c1cc(-c3cnn(C(F)F)c3)c[nH]1)C2. The van der Waals surface area contributed by atoms with Gasteiger partial charge in [0.05, 0.1) is 11.9 Å². The number of amidine groups is 1. The first kappa shape index (κ1) is 17.7. The Labute approximate surface area is 155 Å². The number of hydrogen-bond acceptors (Lipinski definition) is 3. The number of alkyl halides is 2. The average Bonchev–Trinajstić information content (AvgIpc) is 3.38. The van der Waals surface area contributed by atoms with Crippen molar-refractivity contribution in [3.63, 3.8) is 0 Å². The molecule has 144 valence electrons. The molecule has 1 amide bonds. The number of fused-ring (bicyclic) bond motifs is 2. The fourth-order valence-electron chi connectivity index (χ4n) is 4.14. The zero-order chi connectivity index (χ0) is 19.1. The van der Waals surface area contributed by atoms with Gasteiger partial charge in [0.25, 0.3) is 0 Å². The molecule has 0 aliphatic carbocycles. The molecule has 9 heteroatoms. The summed E-state index contributed by atoms with van der Waals surface area (Å²) in [5.41, 5.74) is 1.91. The summed E-state index contributed by atoms with van der Waals surface area (Å²) in [4.78, 5) is 19.2. The van der Waals surface area contributed by atoms with Gasteiger partial charge in [0.1, 0.15) is 5.84 Å². The molecule has 2 atom stereocenters. The van der Waals surface area contributed by atoms with E-state index in [4.69, 9.17) is 5.41 Å². The Kier molecular flexibility index (Phi) is 4.45. The van der Waals surface area contributed by atoms with Gasteiger partial charge in [0.15, 0.2) is 0 Å². The van der Waals surface area contributed by atoms with Crippen LogP contribution in [0, 0.1) is 5.41 Å². The molecular formula is C18H22F2N6O. The van der Waals surface area contributed by atoms with Crippen LogP contribution >= 0.6 is 0 Å². The van der Waals surface area contributed by atoms with E-state index in [1.54, 1.807) is 12.3 Å². The Balaban J connectivity index is 1.48. The van der Waals surface area contributed by atoms with Crippen molar-refractivity contribution >= 4 is 11.7 Å². The lowest BCUT2D eigenvalue weighted by Gasteiger charge is -2.41. The topological polar surface area (TPSA) is 81.0 Å². The number of aromatic amines is 1. The highest BCUT2D eigenvalue weighted by Gasteiger charge is 2.42. The van der Waals surface area contributed by atoms with E-state index >= 15 is 0 Å². The third kappa shape index (κ3) is 3.11. The molecule has 4 heterocycles. The van der Waals surface area contributed by atoms with Crippen molar-refractivity contribution in [3.05, 3.63) is 30.4 Å². The Hall–Kier alpha value is -2.71. The van der Waals surface area contributed by atoms with Gasteiger partial charge in [0.2, 0.25) is 5.91 Å². The first-order valence-corrected chi connectivity index (χ1v) is 9.14. The van der Waals surface area contributed by atoms with E-state index in [1.165, 1.54) is 12.4 Å². The Morgan fingerprint density at radius 3 is 2.63 bits per heavy atom. The average molecular weight is 376 g/mol. The fraction of sp³-hybridized carbons (Fsp3) is 0.500. The van der Waals surface area contributed by atoms with Crippen molar-refractivity contribution < 1.29 is 13.6 Å². The largest absolute Gasteiger partial charge is 0.358 e. The molecule has 0 spiro atoms. The first-order valence-electron chi connectivity index (χ1n) is 9.14. The van der Waals surface area contributed by atoms with Crippen molar-refractivity contribution in [1.82, 2.24) is 24.6 Å². The van der Waals surface area contributed by atoms with Gasteiger partial charge in [-0.2, -0.15) is 13.9 Å². The van der Waals surface area contributed by atoms with E-state index in [-0.39, 0.29) is 18.0 Å². The molecular weight excluding hydrogens is 354 g/mol. The molecule has 2 fully saturated rings. The lowest BCUT2D eigenvalue weighted by atomic mass is 10.1. The standard InChI is InChI=1S/C18H22F2N6O/c1-2-16(27)26-13-3-4-14(26)10-24(9-13)17(21)15-5-11(6-22-15)12-7-23-25(8-12)18(19)20/h5-8,13-14,18,21-22H,2-4,9-10H2,1H3. The summed E-state index contributed by atoms with van der Waals surface area (Å²) >= 11 is 0. The summed E-state index contributed by atoms with van der Waals surface area (Å²) in [5, 5.41) is 12.2. The minimum Gasteiger partial charge on any atom is -0.358 e. The van der Waals surface area contributed by atoms with Gasteiger partial charge < -0.3 is 14.8 Å². The number of nitrogens with one attached hydrogen (secondary N) is 2. The molecule has 2 N–H and O–H groups in total. The maximum absolute atomic E-state index is 12.7. The number of rotatable bonds is 4. The summed E-state index contributed by atoms with van der Waals surface area (Å²) < 4.78 is 26.0. The zero-order valence-electron chi connectivity index (χ0n) is 15.0. The molecule has 2 aromatic rings. The Morgan fingerprint density at radius 1 is 1.33 bits per heavy atom. The molecule has 2 aliphatic rings. The summed E-state index contributed by atoms with van der Waals surface area (Å²) in [6, 6.07) is 2.10. The van der Waals surface area contributed by atoms with E-state index in [2.05, 4.69) is 10.1 Å². The second-order valence-corrected chi connectivity index (χ2v) is 7.08. The van der Waals surface area contributed by atoms with E-state index in [0.717, 1.165) is 12.8 Å². The van der Waals surface area contributed by atoms with Crippen molar-refractivity contribution in [2.45, 2.75) is 44.8 Å². The molecule has 0 radical (unpaired) electrons. The molecule has 2 aliphatic heterocycles. The number of amides is 1. The van der Waals surface area contributed by atoms with Gasteiger partial charge in [0, 0.05) is 55.1 Å². The monoisotopic (exact) mass is 376 g/mol. The number of hydrogen-bond donors (Lipinski definition) is 2. The smallest absolute Gasteiger partial charge is 0.333 e. The van der Waals surface area contributed by atoms with E-state index in [0.29, 0.717) is 46.8 Å². The van der Waals surface area contributed by atoms with Crippen LogP contribution in [0.3, 0.4) is 0 Å². The number of carbonyl (C=O) groups is 1. The molecule has 2 saturated heterocycles. The molecule has 7 nitrogen and oxygen atoms in total. The molecule has 0 saturated carbocycles. The van der Waals surface area contributed by atoms with Crippen LogP contribution in [0.2, 0.25) is 0 Å². The molecule has 2 unspecified atom stereocenters. The maximum Gasteiger partial charge on any atom is 0.333 e. The third-order valence-electron chi connectivity index (χ3n) is 5.46. The summed E-state index contributed by atoms with van der Waals surface area (Å²) in [6.45, 7) is 0.512. The summed E-state index contributed by atoms with van der Waals surface area (Å²) in [5.74, 6) is 0.551. The van der Waals surface area contributed by atoms with Crippen molar-refractivity contribution in [2.75, 3.05) is 13.1 Å². The first-order chi connectivity index (χ1) is 13.0. The van der Waals surface area contributed by atoms with E-state index in [9.17, 15) is 13.6 Å². The van der Waals surface area contributed by atoms with Crippen LogP contribution in [0.5, 0.6) is 0 Å². The van der Waals surface area contributed by atoms with Crippen LogP contribution in [-0.2, 0) is 4.79 Å². The normalized spacial score (nSPS) is 21.9. The lowest BCUT2D eigenvalue weighted by molar-refractivity contribution is -0.135. The third-order valence-corrected chi connectivity index (χ3v) is 5.46. The predicted octanol–water partition coefficient (Wildman–Crippen LogP) is 2.68. The van der Waals surface area contributed by atoms with Crippen LogP contribution in [0.4, 0.5) is 8.78 Å². The molecule has 2 bridgehead atoms. The number of carbonyl (C=O) groups excluding carboxylic acids is 1. The molecule has 2 aromatic heterocycles. The zero-order valence-corrected chi connectivity index (χ0v) is 15.0. The quantitative estimate of drug-likeness (QED) is 0.636. The highest BCUT2D eigenvalue weighted by Crippen LogP contribution is 2.31. The molecule has 4 rings (SSSR count). The lowest BCUT2D eigenvalue weighted by Crippen LogP contribution is -2.57. The van der Waals surface area contributed by atoms with Gasteiger partial charge in [-0.25, -0.2) is 4.68 Å². The van der Waals surface area contributed by atoms with Gasteiger partial charge in [-0.15, -0.1) is 0 Å². The number of piperazine rings is 1. The van der Waals surface area contributed by atoms with Crippen LogP contribution in [-0.4, -0.2) is 61.5 Å². The van der Waals surface area contributed by atoms with E-state index < -0.39 is 6.55 Å². The van der Waals surface area contributed by atoms with Gasteiger partial charge in [-0.1, -0.05) is 6.92 Å². The minimum absolute atomic E-state index is 0.162. The van der Waals surface area contributed by atoms with Crippen LogP contribution in [0.1, 0.15) is 38.4 Å². The number of halogens is 2. The highest BCUT2D eigenvalue weighted by molar-refractivity contribution is 5.96.